The summed E-state index contributed by atoms with van der Waals surface area (Å²) >= 11 is 0. The summed E-state index contributed by atoms with van der Waals surface area (Å²) in [6.45, 7) is 0. The van der Waals surface area contributed by atoms with Crippen molar-refractivity contribution >= 4 is 5.95 Å². The second kappa shape index (κ2) is 1.57. The van der Waals surface area contributed by atoms with Crippen molar-refractivity contribution < 1.29 is 4.92 Å². The molecule has 0 radical (unpaired) electrons. The van der Waals surface area contributed by atoms with Gasteiger partial charge in [-0.05, 0) is 0 Å². The Morgan fingerprint density at radius 2 is 2.62 bits per heavy atom. The Morgan fingerprint density at radius 1 is 1.88 bits per heavy atom. The first-order valence-corrected chi connectivity index (χ1v) is 1.75. The molecule has 0 aromatic carbocycles. The van der Waals surface area contributed by atoms with E-state index >= 15 is 0 Å². The van der Waals surface area contributed by atoms with E-state index in [-0.39, 0.29) is 0 Å². The van der Waals surface area contributed by atoms with Crippen LogP contribution in [0.2, 0.25) is 0 Å². The zero-order chi connectivity index (χ0) is 5.98. The number of nitrogens with zero attached hydrogens (tertiary/aromatic N) is 4. The van der Waals surface area contributed by atoms with Gasteiger partial charge in [0.05, 0.1) is 0 Å². The number of rotatable bonds is 1. The number of hydrogen-bond acceptors (Lipinski definition) is 4. The van der Waals surface area contributed by atoms with Crippen LogP contribution >= 0.6 is 0 Å². The molecule has 6 heteroatoms. The summed E-state index contributed by atoms with van der Waals surface area (Å²) in [6, 6.07) is 0. The fraction of sp³-hybridized carbons (Fsp3) is 0. The average molecular weight is 113 g/mol. The lowest BCUT2D eigenvalue weighted by atomic mass is 11.1. The van der Waals surface area contributed by atoms with E-state index in [0.717, 1.165) is 6.33 Å². The highest BCUT2D eigenvalue weighted by atomic mass is 16.6. The molecule has 0 saturated heterocycles. The van der Waals surface area contributed by atoms with Gasteiger partial charge in [-0.2, -0.15) is 9.91 Å². The van der Waals surface area contributed by atoms with Gasteiger partial charge in [0.1, 0.15) is 6.33 Å². The van der Waals surface area contributed by atoms with Gasteiger partial charge < -0.3 is 10.1 Å². The Bertz CT molecular complexity index is 180. The summed E-state index contributed by atoms with van der Waals surface area (Å²) in [5, 5.41) is 15.9. The molecule has 6 nitrogen and oxygen atoms in total. The second-order valence-corrected chi connectivity index (χ2v) is 1.02. The van der Waals surface area contributed by atoms with E-state index < -0.39 is 10.9 Å². The minimum Gasteiger partial charge on any atom is -0.458 e. The van der Waals surface area contributed by atoms with E-state index in [1.165, 1.54) is 0 Å². The van der Waals surface area contributed by atoms with Crippen LogP contribution in [0.25, 0.3) is 0 Å². The lowest BCUT2D eigenvalue weighted by Crippen LogP contribution is -1.90. The van der Waals surface area contributed by atoms with Gasteiger partial charge in [-0.1, -0.05) is 0 Å². The fourth-order valence-electron chi connectivity index (χ4n) is 0.264. The first kappa shape index (κ1) is 4.69. The van der Waals surface area contributed by atoms with Crippen LogP contribution in [0.15, 0.2) is 6.33 Å². The van der Waals surface area contributed by atoms with Crippen LogP contribution in [-0.2, 0) is 0 Å². The van der Waals surface area contributed by atoms with Gasteiger partial charge in [-0.3, -0.25) is 0 Å². The SMILES string of the molecule is O=[N+]([O-])c1nnc[n-]1. The smallest absolute Gasteiger partial charge is 0.275 e. The molecule has 1 heterocycles. The quantitative estimate of drug-likeness (QED) is 0.356. The summed E-state index contributed by atoms with van der Waals surface area (Å²) < 4.78 is 0. The van der Waals surface area contributed by atoms with Crippen molar-refractivity contribution in [2.75, 3.05) is 0 Å². The maximum atomic E-state index is 9.70. The molecule has 0 atom stereocenters. The first-order valence-electron chi connectivity index (χ1n) is 1.75. The van der Waals surface area contributed by atoms with Gasteiger partial charge in [0.2, 0.25) is 0 Å². The molecule has 0 aliphatic heterocycles. The maximum absolute atomic E-state index is 9.70. The van der Waals surface area contributed by atoms with Gasteiger partial charge in [0.15, 0.2) is 0 Å². The Kier molecular flexibility index (Phi) is 0.918. The molecule has 1 aromatic heterocycles. The molecule has 0 N–H and O–H groups in total. The normalized spacial score (nSPS) is 9.00. The summed E-state index contributed by atoms with van der Waals surface area (Å²) in [4.78, 5) is 12.2. The maximum Gasteiger partial charge on any atom is 0.275 e. The van der Waals surface area contributed by atoms with E-state index in [4.69, 9.17) is 0 Å². The van der Waals surface area contributed by atoms with Crippen LogP contribution in [0.4, 0.5) is 5.95 Å². The summed E-state index contributed by atoms with van der Waals surface area (Å²) in [5.41, 5.74) is 0. The van der Waals surface area contributed by atoms with Crippen molar-refractivity contribution in [2.45, 2.75) is 0 Å². The largest absolute Gasteiger partial charge is 0.458 e. The van der Waals surface area contributed by atoms with Crippen molar-refractivity contribution in [2.24, 2.45) is 0 Å². The van der Waals surface area contributed by atoms with Crippen LogP contribution in [0.1, 0.15) is 0 Å². The van der Waals surface area contributed by atoms with E-state index in [9.17, 15) is 10.1 Å². The van der Waals surface area contributed by atoms with Crippen molar-refractivity contribution in [1.82, 2.24) is 15.2 Å². The molecule has 0 saturated carbocycles. The minimum absolute atomic E-state index is 0.454. The average Bonchev–Trinajstić information content (AvgIpc) is 2.12. The summed E-state index contributed by atoms with van der Waals surface area (Å²) in [5.74, 6) is -0.454. The van der Waals surface area contributed by atoms with Gasteiger partial charge >= 0.3 is 0 Å². The molecular weight excluding hydrogens is 112 g/mol. The van der Waals surface area contributed by atoms with Crippen molar-refractivity contribution in [3.05, 3.63) is 16.4 Å². The molecule has 8 heavy (non-hydrogen) atoms. The Labute approximate surface area is 43.7 Å². The van der Waals surface area contributed by atoms with Crippen LogP contribution in [-0.4, -0.2) is 15.1 Å². The van der Waals surface area contributed by atoms with Gasteiger partial charge in [0, 0.05) is 0 Å². The zero-order valence-corrected chi connectivity index (χ0v) is 3.68. The minimum atomic E-state index is -0.701. The van der Waals surface area contributed by atoms with E-state index in [2.05, 4.69) is 15.2 Å². The highest BCUT2D eigenvalue weighted by Crippen LogP contribution is 1.92. The van der Waals surface area contributed by atoms with Crippen molar-refractivity contribution in [3.8, 4) is 0 Å². The summed E-state index contributed by atoms with van der Waals surface area (Å²) in [7, 11) is 0. The van der Waals surface area contributed by atoms with Crippen molar-refractivity contribution in [1.29, 1.82) is 0 Å². The molecule has 0 aliphatic rings. The van der Waals surface area contributed by atoms with Gasteiger partial charge in [-0.25, -0.2) is 0 Å². The van der Waals surface area contributed by atoms with Gasteiger partial charge in [0.25, 0.3) is 5.95 Å². The second-order valence-electron chi connectivity index (χ2n) is 1.02. The molecule has 0 fully saturated rings. The third kappa shape index (κ3) is 0.625. The van der Waals surface area contributed by atoms with Crippen LogP contribution in [0, 0.1) is 10.1 Å². The molecule has 0 amide bonds. The number of nitro groups is 1. The standard InChI is InChI=1S/C2HN4O2/c7-6(8)2-3-1-4-5-2/h1H/q-1. The van der Waals surface area contributed by atoms with Gasteiger partial charge in [-0.15, -0.1) is 10.2 Å². The topological polar surface area (TPSA) is 83.0 Å². The van der Waals surface area contributed by atoms with E-state index in [0.29, 0.717) is 0 Å². The number of aromatic nitrogens is 3. The lowest BCUT2D eigenvalue weighted by molar-refractivity contribution is -0.394. The number of hydrogen-bond donors (Lipinski definition) is 0. The molecule has 1 aromatic rings. The Morgan fingerprint density at radius 3 is 2.88 bits per heavy atom. The third-order valence-electron chi connectivity index (χ3n) is 0.535. The Hall–Kier alpha value is -1.46. The van der Waals surface area contributed by atoms with Crippen LogP contribution in [0.3, 0.4) is 0 Å². The van der Waals surface area contributed by atoms with Crippen LogP contribution < -0.4 is 4.98 Å². The predicted octanol–water partition coefficient (Wildman–Crippen LogP) is -0.658. The highest BCUT2D eigenvalue weighted by Gasteiger charge is 1.91. The molecule has 0 unspecified atom stereocenters. The molecule has 0 spiro atoms. The zero-order valence-electron chi connectivity index (χ0n) is 3.68. The molecule has 1 rings (SSSR count). The highest BCUT2D eigenvalue weighted by molar-refractivity contribution is 4.94. The summed E-state index contributed by atoms with van der Waals surface area (Å²) in [6.07, 6.45) is 1.03. The predicted molar refractivity (Wildman–Crippen MR) is 22.0 cm³/mol. The first-order chi connectivity index (χ1) is 3.80. The third-order valence-corrected chi connectivity index (χ3v) is 0.535. The molecule has 0 aliphatic carbocycles. The van der Waals surface area contributed by atoms with Crippen LogP contribution in [0.5, 0.6) is 0 Å². The molecule has 42 valence electrons. The van der Waals surface area contributed by atoms with Crippen molar-refractivity contribution in [3.63, 3.8) is 0 Å². The fourth-order valence-corrected chi connectivity index (χ4v) is 0.264. The lowest BCUT2D eigenvalue weighted by Gasteiger charge is -1.93. The molecule has 0 bridgehead atoms. The van der Waals surface area contributed by atoms with E-state index in [1.54, 1.807) is 0 Å². The van der Waals surface area contributed by atoms with E-state index in [1.807, 2.05) is 0 Å². The molecular formula is C2HN4O2-. The Balaban J connectivity index is 2.93. The monoisotopic (exact) mass is 113 g/mol.